The van der Waals surface area contributed by atoms with Gasteiger partial charge in [0.05, 0.1) is 0 Å². The fourth-order valence-corrected chi connectivity index (χ4v) is 4.45. The molecule has 0 aliphatic carbocycles. The van der Waals surface area contributed by atoms with E-state index < -0.39 is 0 Å². The van der Waals surface area contributed by atoms with Crippen molar-refractivity contribution in [1.82, 2.24) is 10.2 Å². The molecule has 0 aromatic carbocycles. The Hall–Kier alpha value is -0.0800. The van der Waals surface area contributed by atoms with Crippen LogP contribution in [0, 0.1) is 17.8 Å². The zero-order valence-electron chi connectivity index (χ0n) is 14.2. The molecule has 0 saturated carbocycles. The second kappa shape index (κ2) is 7.79. The highest BCUT2D eigenvalue weighted by atomic mass is 15.1. The minimum absolute atomic E-state index is 0.703. The molecule has 0 bridgehead atoms. The van der Waals surface area contributed by atoms with Crippen LogP contribution in [0.1, 0.15) is 65.7 Å². The quantitative estimate of drug-likeness (QED) is 0.843. The van der Waals surface area contributed by atoms with Gasteiger partial charge in [0.25, 0.3) is 0 Å². The molecule has 2 fully saturated rings. The lowest BCUT2D eigenvalue weighted by Gasteiger charge is -2.35. The number of nitrogens with one attached hydrogen (secondary N) is 1. The fourth-order valence-electron chi connectivity index (χ4n) is 4.45. The Morgan fingerprint density at radius 1 is 1.15 bits per heavy atom. The van der Waals surface area contributed by atoms with Crippen LogP contribution in [0.4, 0.5) is 0 Å². The van der Waals surface area contributed by atoms with Gasteiger partial charge in [-0.1, -0.05) is 26.7 Å². The molecule has 2 aliphatic rings. The minimum Gasteiger partial charge on any atom is -0.314 e. The SMILES string of the molecule is CC[C@@H]1CCCCN(C)[C@@H]1CC1CCN[C@H](C)[C@H](C)C1. The molecule has 1 unspecified atom stereocenters. The summed E-state index contributed by atoms with van der Waals surface area (Å²) in [6.45, 7) is 9.74. The molecule has 0 aromatic rings. The average molecular weight is 281 g/mol. The van der Waals surface area contributed by atoms with Gasteiger partial charge in [-0.3, -0.25) is 0 Å². The summed E-state index contributed by atoms with van der Waals surface area (Å²) in [5.74, 6) is 2.70. The summed E-state index contributed by atoms with van der Waals surface area (Å²) in [6, 6.07) is 1.54. The van der Waals surface area contributed by atoms with Gasteiger partial charge in [-0.25, -0.2) is 0 Å². The van der Waals surface area contributed by atoms with Crippen molar-refractivity contribution in [3.63, 3.8) is 0 Å². The van der Waals surface area contributed by atoms with Gasteiger partial charge in [-0.15, -0.1) is 0 Å². The normalized spacial score (nSPS) is 41.1. The van der Waals surface area contributed by atoms with Crippen LogP contribution in [0.25, 0.3) is 0 Å². The van der Waals surface area contributed by atoms with E-state index in [9.17, 15) is 0 Å². The lowest BCUT2D eigenvalue weighted by molar-refractivity contribution is 0.146. The van der Waals surface area contributed by atoms with Gasteiger partial charge >= 0.3 is 0 Å². The lowest BCUT2D eigenvalue weighted by atomic mass is 9.81. The van der Waals surface area contributed by atoms with Gasteiger partial charge in [0.1, 0.15) is 0 Å². The van der Waals surface area contributed by atoms with E-state index in [0.29, 0.717) is 6.04 Å². The second-order valence-electron chi connectivity index (χ2n) is 7.56. The monoisotopic (exact) mass is 280 g/mol. The first-order chi connectivity index (χ1) is 9.61. The summed E-state index contributed by atoms with van der Waals surface area (Å²) in [5, 5.41) is 3.70. The Bertz CT molecular complexity index is 279. The molecular formula is C18H36N2. The molecule has 2 nitrogen and oxygen atoms in total. The summed E-state index contributed by atoms with van der Waals surface area (Å²) in [4.78, 5) is 2.69. The molecule has 5 atom stereocenters. The van der Waals surface area contributed by atoms with E-state index in [4.69, 9.17) is 0 Å². The van der Waals surface area contributed by atoms with Gasteiger partial charge in [-0.2, -0.15) is 0 Å². The fraction of sp³-hybridized carbons (Fsp3) is 1.00. The van der Waals surface area contributed by atoms with Crippen molar-refractivity contribution in [2.75, 3.05) is 20.1 Å². The van der Waals surface area contributed by atoms with Crippen molar-refractivity contribution >= 4 is 0 Å². The van der Waals surface area contributed by atoms with E-state index in [2.05, 4.69) is 38.0 Å². The van der Waals surface area contributed by atoms with Crippen molar-refractivity contribution in [2.45, 2.75) is 77.8 Å². The van der Waals surface area contributed by atoms with Crippen molar-refractivity contribution < 1.29 is 0 Å². The van der Waals surface area contributed by atoms with E-state index >= 15 is 0 Å². The van der Waals surface area contributed by atoms with Gasteiger partial charge in [0.2, 0.25) is 0 Å². The van der Waals surface area contributed by atoms with Crippen molar-refractivity contribution in [3.8, 4) is 0 Å². The van der Waals surface area contributed by atoms with E-state index in [1.165, 1.54) is 58.0 Å². The van der Waals surface area contributed by atoms with Gasteiger partial charge in [-0.05, 0) is 76.9 Å². The zero-order chi connectivity index (χ0) is 14.5. The maximum atomic E-state index is 3.70. The summed E-state index contributed by atoms with van der Waals surface area (Å²) in [5.41, 5.74) is 0. The molecule has 2 saturated heterocycles. The van der Waals surface area contributed by atoms with Crippen molar-refractivity contribution in [1.29, 1.82) is 0 Å². The molecule has 2 heteroatoms. The smallest absolute Gasteiger partial charge is 0.0123 e. The Kier molecular flexibility index (Phi) is 6.35. The van der Waals surface area contributed by atoms with Crippen LogP contribution in [0.3, 0.4) is 0 Å². The largest absolute Gasteiger partial charge is 0.314 e. The Balaban J connectivity index is 1.97. The molecule has 1 N–H and O–H groups in total. The molecule has 0 radical (unpaired) electrons. The standard InChI is InChI=1S/C18H36N2/c1-5-17-8-6-7-11-20(4)18(17)13-16-9-10-19-15(3)14(2)12-16/h14-19H,5-13H2,1-4H3/t14-,15-,16?,17-,18-/m1/s1. The molecule has 0 spiro atoms. The molecule has 2 aliphatic heterocycles. The summed E-state index contributed by atoms with van der Waals surface area (Å²) < 4.78 is 0. The minimum atomic E-state index is 0.703. The molecule has 118 valence electrons. The Morgan fingerprint density at radius 3 is 2.70 bits per heavy atom. The first-order valence-electron chi connectivity index (χ1n) is 9.05. The highest BCUT2D eigenvalue weighted by Crippen LogP contribution is 2.33. The number of hydrogen-bond acceptors (Lipinski definition) is 2. The molecule has 20 heavy (non-hydrogen) atoms. The predicted molar refractivity (Wildman–Crippen MR) is 88.0 cm³/mol. The zero-order valence-corrected chi connectivity index (χ0v) is 14.2. The van der Waals surface area contributed by atoms with Crippen LogP contribution < -0.4 is 5.32 Å². The van der Waals surface area contributed by atoms with Crippen LogP contribution in [-0.4, -0.2) is 37.1 Å². The molecule has 0 amide bonds. The van der Waals surface area contributed by atoms with Crippen LogP contribution in [0.15, 0.2) is 0 Å². The molecule has 2 rings (SSSR count). The van der Waals surface area contributed by atoms with Crippen molar-refractivity contribution in [3.05, 3.63) is 0 Å². The van der Waals surface area contributed by atoms with E-state index in [-0.39, 0.29) is 0 Å². The predicted octanol–water partition coefficient (Wildman–Crippen LogP) is 3.91. The first kappa shape index (κ1) is 16.3. The maximum Gasteiger partial charge on any atom is 0.0123 e. The summed E-state index contributed by atoms with van der Waals surface area (Å²) in [6.07, 6.45) is 9.93. The first-order valence-corrected chi connectivity index (χ1v) is 9.05. The van der Waals surface area contributed by atoms with Crippen LogP contribution in [-0.2, 0) is 0 Å². The molecule has 0 aromatic heterocycles. The van der Waals surface area contributed by atoms with Crippen molar-refractivity contribution in [2.24, 2.45) is 17.8 Å². The van der Waals surface area contributed by atoms with Crippen LogP contribution in [0.5, 0.6) is 0 Å². The van der Waals surface area contributed by atoms with E-state index in [1.807, 2.05) is 0 Å². The topological polar surface area (TPSA) is 15.3 Å². The third-order valence-corrected chi connectivity index (χ3v) is 6.12. The number of likely N-dealkylation sites (tertiary alicyclic amines) is 1. The maximum absolute atomic E-state index is 3.70. The third kappa shape index (κ3) is 4.21. The average Bonchev–Trinajstić information content (AvgIpc) is 2.69. The number of hydrogen-bond donors (Lipinski definition) is 1. The van der Waals surface area contributed by atoms with E-state index in [0.717, 1.165) is 23.8 Å². The molecule has 2 heterocycles. The summed E-state index contributed by atoms with van der Waals surface area (Å²) in [7, 11) is 2.37. The summed E-state index contributed by atoms with van der Waals surface area (Å²) >= 11 is 0. The third-order valence-electron chi connectivity index (χ3n) is 6.12. The van der Waals surface area contributed by atoms with Gasteiger partial charge in [0.15, 0.2) is 0 Å². The lowest BCUT2D eigenvalue weighted by Crippen LogP contribution is -2.38. The van der Waals surface area contributed by atoms with Gasteiger partial charge < -0.3 is 10.2 Å². The number of nitrogens with zero attached hydrogens (tertiary/aromatic N) is 1. The van der Waals surface area contributed by atoms with Gasteiger partial charge in [0, 0.05) is 12.1 Å². The molecular weight excluding hydrogens is 244 g/mol. The van der Waals surface area contributed by atoms with E-state index in [1.54, 1.807) is 0 Å². The Labute approximate surface area is 126 Å². The highest BCUT2D eigenvalue weighted by molar-refractivity contribution is 4.85. The highest BCUT2D eigenvalue weighted by Gasteiger charge is 2.30. The van der Waals surface area contributed by atoms with Crippen LogP contribution in [0.2, 0.25) is 0 Å². The van der Waals surface area contributed by atoms with Crippen LogP contribution >= 0.6 is 0 Å². The number of rotatable bonds is 3. The Morgan fingerprint density at radius 2 is 1.95 bits per heavy atom. The second-order valence-corrected chi connectivity index (χ2v) is 7.56.